The lowest BCUT2D eigenvalue weighted by Crippen LogP contribution is -2.37. The topological polar surface area (TPSA) is 43.8 Å². The summed E-state index contributed by atoms with van der Waals surface area (Å²) in [6.07, 6.45) is 0. The molecule has 1 N–H and O–H groups in total. The van der Waals surface area contributed by atoms with Crippen molar-refractivity contribution < 1.29 is 9.90 Å². The summed E-state index contributed by atoms with van der Waals surface area (Å²) in [5.74, 6) is 0.0159. The molecule has 0 atom stereocenters. The number of nitrogens with zero attached hydrogens (tertiary/aromatic N) is 2. The molecule has 0 saturated carbocycles. The second kappa shape index (κ2) is 6.25. The Morgan fingerprint density at radius 3 is 2.44 bits per heavy atom. The molecular formula is C12H18N2O2. The molecule has 0 unspecified atom stereocenters. The highest BCUT2D eigenvalue weighted by Crippen LogP contribution is 2.10. The number of rotatable bonds is 5. The summed E-state index contributed by atoms with van der Waals surface area (Å²) in [6, 6.07) is 9.50. The van der Waals surface area contributed by atoms with Crippen LogP contribution in [-0.2, 0) is 4.79 Å². The first kappa shape index (κ1) is 12.7. The number of para-hydroxylation sites is 1. The van der Waals surface area contributed by atoms with Gasteiger partial charge in [0.1, 0.15) is 0 Å². The monoisotopic (exact) mass is 222 g/mol. The lowest BCUT2D eigenvalue weighted by atomic mass is 10.3. The quantitative estimate of drug-likeness (QED) is 0.792. The summed E-state index contributed by atoms with van der Waals surface area (Å²) in [5, 5.41) is 8.74. The normalized spacial score (nSPS) is 10.5. The number of amides is 1. The van der Waals surface area contributed by atoms with Gasteiger partial charge >= 0.3 is 0 Å². The van der Waals surface area contributed by atoms with Crippen molar-refractivity contribution in [1.82, 2.24) is 4.90 Å². The minimum absolute atomic E-state index is 0.0159. The van der Waals surface area contributed by atoms with E-state index >= 15 is 0 Å². The minimum Gasteiger partial charge on any atom is -0.395 e. The third kappa shape index (κ3) is 3.64. The number of benzene rings is 1. The van der Waals surface area contributed by atoms with Crippen molar-refractivity contribution >= 4 is 11.6 Å². The van der Waals surface area contributed by atoms with Gasteiger partial charge in [0.2, 0.25) is 5.91 Å². The van der Waals surface area contributed by atoms with Crippen molar-refractivity contribution in [2.45, 2.75) is 0 Å². The van der Waals surface area contributed by atoms with Crippen LogP contribution in [0.3, 0.4) is 0 Å². The first-order valence-electron chi connectivity index (χ1n) is 5.26. The molecule has 0 aliphatic carbocycles. The van der Waals surface area contributed by atoms with Gasteiger partial charge in [0.25, 0.3) is 0 Å². The van der Waals surface area contributed by atoms with Crippen LogP contribution in [0.15, 0.2) is 30.3 Å². The number of aliphatic hydroxyl groups is 1. The Balaban J connectivity index is 2.55. The van der Waals surface area contributed by atoms with Gasteiger partial charge < -0.3 is 10.0 Å². The fourth-order valence-corrected chi connectivity index (χ4v) is 1.38. The Bertz CT molecular complexity index is 327. The van der Waals surface area contributed by atoms with E-state index in [4.69, 9.17) is 5.11 Å². The summed E-state index contributed by atoms with van der Waals surface area (Å²) in [4.78, 5) is 15.2. The maximum atomic E-state index is 11.8. The molecule has 1 rings (SSSR count). The van der Waals surface area contributed by atoms with Crippen molar-refractivity contribution in [3.8, 4) is 0 Å². The molecule has 0 heterocycles. The molecule has 88 valence electrons. The number of hydrogen-bond donors (Lipinski definition) is 1. The Hall–Kier alpha value is -1.39. The highest BCUT2D eigenvalue weighted by atomic mass is 16.3. The van der Waals surface area contributed by atoms with Crippen LogP contribution in [0.2, 0.25) is 0 Å². The molecule has 1 aromatic rings. The van der Waals surface area contributed by atoms with Gasteiger partial charge in [0.05, 0.1) is 13.2 Å². The molecule has 0 radical (unpaired) electrons. The highest BCUT2D eigenvalue weighted by Gasteiger charge is 2.12. The van der Waals surface area contributed by atoms with E-state index in [9.17, 15) is 4.79 Å². The zero-order valence-corrected chi connectivity index (χ0v) is 9.76. The number of carbonyl (C=O) groups excluding carboxylic acids is 1. The smallest absolute Gasteiger partial charge is 0.240 e. The lowest BCUT2D eigenvalue weighted by Gasteiger charge is -2.21. The molecule has 0 spiro atoms. The molecule has 0 saturated heterocycles. The summed E-state index contributed by atoms with van der Waals surface area (Å²) in [5.41, 5.74) is 0.880. The van der Waals surface area contributed by atoms with Gasteiger partial charge in [0, 0.05) is 19.3 Å². The van der Waals surface area contributed by atoms with Crippen LogP contribution in [0.1, 0.15) is 0 Å². The van der Waals surface area contributed by atoms with E-state index in [0.717, 1.165) is 5.69 Å². The van der Waals surface area contributed by atoms with Crippen molar-refractivity contribution in [3.63, 3.8) is 0 Å². The first-order valence-corrected chi connectivity index (χ1v) is 5.26. The Morgan fingerprint density at radius 1 is 1.25 bits per heavy atom. The maximum absolute atomic E-state index is 11.8. The van der Waals surface area contributed by atoms with E-state index in [1.807, 2.05) is 37.4 Å². The van der Waals surface area contributed by atoms with Crippen LogP contribution in [0.5, 0.6) is 0 Å². The van der Waals surface area contributed by atoms with Gasteiger partial charge in [-0.1, -0.05) is 18.2 Å². The number of aliphatic hydroxyl groups excluding tert-OH is 1. The predicted molar refractivity (Wildman–Crippen MR) is 64.4 cm³/mol. The van der Waals surface area contributed by atoms with E-state index in [0.29, 0.717) is 13.1 Å². The summed E-state index contributed by atoms with van der Waals surface area (Å²) < 4.78 is 0. The number of anilines is 1. The average molecular weight is 222 g/mol. The molecule has 1 aromatic carbocycles. The lowest BCUT2D eigenvalue weighted by molar-refractivity contribution is -0.119. The Morgan fingerprint density at radius 2 is 1.88 bits per heavy atom. The van der Waals surface area contributed by atoms with Gasteiger partial charge in [0.15, 0.2) is 0 Å². The van der Waals surface area contributed by atoms with Crippen LogP contribution in [0.25, 0.3) is 0 Å². The molecule has 4 heteroatoms. The van der Waals surface area contributed by atoms with Crippen molar-refractivity contribution in [3.05, 3.63) is 30.3 Å². The predicted octanol–water partition coefficient (Wildman–Crippen LogP) is 0.573. The van der Waals surface area contributed by atoms with Crippen molar-refractivity contribution in [2.24, 2.45) is 0 Å². The largest absolute Gasteiger partial charge is 0.395 e. The van der Waals surface area contributed by atoms with Crippen LogP contribution >= 0.6 is 0 Å². The third-order valence-electron chi connectivity index (χ3n) is 2.40. The number of likely N-dealkylation sites (N-methyl/N-ethyl adjacent to an activating group) is 2. The van der Waals surface area contributed by atoms with Crippen molar-refractivity contribution in [2.75, 3.05) is 38.7 Å². The average Bonchev–Trinajstić information content (AvgIpc) is 2.29. The molecule has 0 aliphatic rings. The fraction of sp³-hybridized carbons (Fsp3) is 0.417. The third-order valence-corrected chi connectivity index (χ3v) is 2.40. The van der Waals surface area contributed by atoms with Crippen LogP contribution < -0.4 is 4.90 Å². The van der Waals surface area contributed by atoms with Gasteiger partial charge in [-0.15, -0.1) is 0 Å². The number of hydrogen-bond acceptors (Lipinski definition) is 3. The van der Waals surface area contributed by atoms with Gasteiger partial charge in [-0.2, -0.15) is 0 Å². The SMILES string of the molecule is CN(CCO)CC(=O)N(C)c1ccccc1. The number of carbonyl (C=O) groups is 1. The van der Waals surface area contributed by atoms with E-state index < -0.39 is 0 Å². The van der Waals surface area contributed by atoms with Crippen LogP contribution in [0.4, 0.5) is 5.69 Å². The molecule has 0 bridgehead atoms. The summed E-state index contributed by atoms with van der Waals surface area (Å²) in [6.45, 7) is 0.888. The van der Waals surface area contributed by atoms with Gasteiger partial charge in [-0.25, -0.2) is 0 Å². The van der Waals surface area contributed by atoms with E-state index in [1.165, 1.54) is 0 Å². The van der Waals surface area contributed by atoms with E-state index in [-0.39, 0.29) is 12.5 Å². The van der Waals surface area contributed by atoms with E-state index in [2.05, 4.69) is 0 Å². The fourth-order valence-electron chi connectivity index (χ4n) is 1.38. The van der Waals surface area contributed by atoms with Crippen LogP contribution in [0, 0.1) is 0 Å². The molecule has 0 aromatic heterocycles. The molecule has 0 aliphatic heterocycles. The molecule has 0 fully saturated rings. The van der Waals surface area contributed by atoms with Crippen LogP contribution in [-0.4, -0.2) is 49.7 Å². The maximum Gasteiger partial charge on any atom is 0.240 e. The molecule has 16 heavy (non-hydrogen) atoms. The van der Waals surface area contributed by atoms with E-state index in [1.54, 1.807) is 16.8 Å². The van der Waals surface area contributed by atoms with Gasteiger partial charge in [-0.3, -0.25) is 9.69 Å². The van der Waals surface area contributed by atoms with Gasteiger partial charge in [-0.05, 0) is 19.2 Å². The molecule has 4 nitrogen and oxygen atoms in total. The Labute approximate surface area is 96.1 Å². The zero-order valence-electron chi connectivity index (χ0n) is 9.76. The second-order valence-corrected chi connectivity index (χ2v) is 3.75. The summed E-state index contributed by atoms with van der Waals surface area (Å²) in [7, 11) is 3.57. The highest BCUT2D eigenvalue weighted by molar-refractivity contribution is 5.94. The minimum atomic E-state index is 0.0159. The zero-order chi connectivity index (χ0) is 12.0. The molecule has 1 amide bonds. The second-order valence-electron chi connectivity index (χ2n) is 3.75. The first-order chi connectivity index (χ1) is 7.65. The summed E-state index contributed by atoms with van der Waals surface area (Å²) >= 11 is 0. The standard InChI is InChI=1S/C12H18N2O2/c1-13(8-9-15)10-12(16)14(2)11-6-4-3-5-7-11/h3-7,15H,8-10H2,1-2H3. The molecular weight excluding hydrogens is 204 g/mol. The van der Waals surface area contributed by atoms with Crippen molar-refractivity contribution in [1.29, 1.82) is 0 Å². The Kier molecular flexibility index (Phi) is 4.95.